The lowest BCUT2D eigenvalue weighted by atomic mass is 10.2. The number of nitrogens with zero attached hydrogens (tertiary/aromatic N) is 3. The minimum atomic E-state index is 0.439. The molecule has 0 saturated carbocycles. The van der Waals surface area contributed by atoms with Gasteiger partial charge >= 0.3 is 0 Å². The van der Waals surface area contributed by atoms with E-state index >= 15 is 0 Å². The van der Waals surface area contributed by atoms with Crippen molar-refractivity contribution in [2.24, 2.45) is 0 Å². The third kappa shape index (κ3) is 2.04. The lowest BCUT2D eigenvalue weighted by Crippen LogP contribution is -2.05. The van der Waals surface area contributed by atoms with Crippen LogP contribution in [0.3, 0.4) is 0 Å². The molecule has 0 amide bonds. The van der Waals surface area contributed by atoms with E-state index in [9.17, 15) is 0 Å². The van der Waals surface area contributed by atoms with Crippen LogP contribution in [-0.4, -0.2) is 14.5 Å². The van der Waals surface area contributed by atoms with Crippen molar-refractivity contribution in [2.45, 2.75) is 26.3 Å². The largest absolute Gasteiger partial charge is 0.328 e. The van der Waals surface area contributed by atoms with Crippen LogP contribution in [0.25, 0.3) is 10.2 Å². The van der Waals surface area contributed by atoms with Crippen LogP contribution in [0.1, 0.15) is 30.6 Å². The standard InChI is InChI=1S/C14H15N3S/c1-10(2)14-15-7-8-17(14)9-13-16-11-5-3-4-6-12(11)18-13/h3-8,10H,9H2,1-2H3. The zero-order valence-electron chi connectivity index (χ0n) is 10.5. The zero-order chi connectivity index (χ0) is 12.5. The van der Waals surface area contributed by atoms with Gasteiger partial charge in [0, 0.05) is 18.3 Å². The van der Waals surface area contributed by atoms with Crippen molar-refractivity contribution in [2.75, 3.05) is 0 Å². The van der Waals surface area contributed by atoms with Crippen LogP contribution >= 0.6 is 11.3 Å². The predicted octanol–water partition coefficient (Wildman–Crippen LogP) is 3.66. The summed E-state index contributed by atoms with van der Waals surface area (Å²) in [5.74, 6) is 1.56. The molecular formula is C14H15N3S. The Labute approximate surface area is 110 Å². The molecule has 0 aliphatic rings. The molecule has 0 bridgehead atoms. The number of hydrogen-bond donors (Lipinski definition) is 0. The Morgan fingerprint density at radius 3 is 2.89 bits per heavy atom. The Hall–Kier alpha value is -1.68. The van der Waals surface area contributed by atoms with Crippen LogP contribution in [0.2, 0.25) is 0 Å². The lowest BCUT2D eigenvalue weighted by molar-refractivity contribution is 0.668. The van der Waals surface area contributed by atoms with Gasteiger partial charge < -0.3 is 4.57 Å². The van der Waals surface area contributed by atoms with E-state index in [-0.39, 0.29) is 0 Å². The van der Waals surface area contributed by atoms with Gasteiger partial charge in [-0.2, -0.15) is 0 Å². The average molecular weight is 257 g/mol. The Kier molecular flexibility index (Phi) is 2.88. The van der Waals surface area contributed by atoms with Crippen LogP contribution in [0, 0.1) is 0 Å². The van der Waals surface area contributed by atoms with Gasteiger partial charge in [0.05, 0.1) is 16.8 Å². The minimum Gasteiger partial charge on any atom is -0.328 e. The third-order valence-corrected chi connectivity index (χ3v) is 3.93. The third-order valence-electron chi connectivity index (χ3n) is 2.91. The molecule has 0 aliphatic carbocycles. The van der Waals surface area contributed by atoms with Gasteiger partial charge in [-0.05, 0) is 12.1 Å². The van der Waals surface area contributed by atoms with Crippen LogP contribution in [0.15, 0.2) is 36.7 Å². The average Bonchev–Trinajstić information content (AvgIpc) is 2.94. The number of rotatable bonds is 3. The van der Waals surface area contributed by atoms with Crippen molar-refractivity contribution in [3.63, 3.8) is 0 Å². The smallest absolute Gasteiger partial charge is 0.114 e. The highest BCUT2D eigenvalue weighted by molar-refractivity contribution is 7.18. The molecule has 0 unspecified atom stereocenters. The fourth-order valence-electron chi connectivity index (χ4n) is 2.09. The number of thiazole rings is 1. The first-order valence-electron chi connectivity index (χ1n) is 6.09. The number of aromatic nitrogens is 3. The molecule has 0 aliphatic heterocycles. The van der Waals surface area contributed by atoms with E-state index in [1.54, 1.807) is 11.3 Å². The number of imidazole rings is 1. The van der Waals surface area contributed by atoms with Gasteiger partial charge in [-0.25, -0.2) is 9.97 Å². The summed E-state index contributed by atoms with van der Waals surface area (Å²) in [4.78, 5) is 9.06. The molecule has 0 fully saturated rings. The molecule has 0 spiro atoms. The van der Waals surface area contributed by atoms with Crippen molar-refractivity contribution in [3.8, 4) is 0 Å². The Bertz CT molecular complexity index is 633. The van der Waals surface area contributed by atoms with Gasteiger partial charge in [0.2, 0.25) is 0 Å². The number of fused-ring (bicyclic) bond motifs is 1. The van der Waals surface area contributed by atoms with Gasteiger partial charge in [0.15, 0.2) is 0 Å². The Morgan fingerprint density at radius 2 is 2.11 bits per heavy atom. The Balaban J connectivity index is 1.94. The van der Waals surface area contributed by atoms with E-state index in [4.69, 9.17) is 0 Å². The second-order valence-electron chi connectivity index (χ2n) is 4.64. The molecule has 3 rings (SSSR count). The summed E-state index contributed by atoms with van der Waals surface area (Å²) in [5.41, 5.74) is 1.09. The molecule has 4 heteroatoms. The summed E-state index contributed by atoms with van der Waals surface area (Å²) >= 11 is 1.76. The van der Waals surface area contributed by atoms with E-state index in [1.165, 1.54) is 4.70 Å². The summed E-state index contributed by atoms with van der Waals surface area (Å²) in [5, 5.41) is 1.14. The fraction of sp³-hybridized carbons (Fsp3) is 0.286. The lowest BCUT2D eigenvalue weighted by Gasteiger charge is -2.08. The highest BCUT2D eigenvalue weighted by Gasteiger charge is 2.09. The monoisotopic (exact) mass is 257 g/mol. The molecule has 3 aromatic rings. The first-order chi connectivity index (χ1) is 8.74. The van der Waals surface area contributed by atoms with E-state index in [2.05, 4.69) is 46.6 Å². The molecule has 0 radical (unpaired) electrons. The maximum Gasteiger partial charge on any atom is 0.114 e. The first-order valence-corrected chi connectivity index (χ1v) is 6.91. The van der Waals surface area contributed by atoms with E-state index < -0.39 is 0 Å². The van der Waals surface area contributed by atoms with Gasteiger partial charge in [0.1, 0.15) is 10.8 Å². The molecular weight excluding hydrogens is 242 g/mol. The quantitative estimate of drug-likeness (QED) is 0.717. The zero-order valence-corrected chi connectivity index (χ0v) is 11.3. The summed E-state index contributed by atoms with van der Waals surface area (Å²) in [6.45, 7) is 5.14. The molecule has 3 nitrogen and oxygen atoms in total. The summed E-state index contributed by atoms with van der Waals surface area (Å²) in [6.07, 6.45) is 3.89. The normalized spacial score (nSPS) is 11.5. The van der Waals surface area contributed by atoms with Crippen molar-refractivity contribution in [3.05, 3.63) is 47.5 Å². The van der Waals surface area contributed by atoms with Crippen LogP contribution in [0.5, 0.6) is 0 Å². The maximum absolute atomic E-state index is 4.66. The maximum atomic E-state index is 4.66. The van der Waals surface area contributed by atoms with Gasteiger partial charge in [-0.15, -0.1) is 11.3 Å². The highest BCUT2D eigenvalue weighted by atomic mass is 32.1. The molecule has 92 valence electrons. The van der Waals surface area contributed by atoms with E-state index in [0.29, 0.717) is 5.92 Å². The molecule has 2 aromatic heterocycles. The van der Waals surface area contributed by atoms with Crippen LogP contribution in [0.4, 0.5) is 0 Å². The topological polar surface area (TPSA) is 30.7 Å². The van der Waals surface area contributed by atoms with Gasteiger partial charge in [-0.1, -0.05) is 26.0 Å². The summed E-state index contributed by atoms with van der Waals surface area (Å²) in [6, 6.07) is 8.27. The molecule has 2 heterocycles. The minimum absolute atomic E-state index is 0.439. The SMILES string of the molecule is CC(C)c1nccn1Cc1nc2ccccc2s1. The van der Waals surface area contributed by atoms with Crippen LogP contribution < -0.4 is 0 Å². The van der Waals surface area contributed by atoms with Crippen LogP contribution in [-0.2, 0) is 6.54 Å². The molecule has 0 saturated heterocycles. The number of hydrogen-bond acceptors (Lipinski definition) is 3. The molecule has 0 atom stereocenters. The summed E-state index contributed by atoms with van der Waals surface area (Å²) in [7, 11) is 0. The second-order valence-corrected chi connectivity index (χ2v) is 5.76. The summed E-state index contributed by atoms with van der Waals surface area (Å²) < 4.78 is 3.43. The Morgan fingerprint density at radius 1 is 1.28 bits per heavy atom. The van der Waals surface area contributed by atoms with Gasteiger partial charge in [0.25, 0.3) is 0 Å². The van der Waals surface area contributed by atoms with Gasteiger partial charge in [-0.3, -0.25) is 0 Å². The molecule has 1 aromatic carbocycles. The van der Waals surface area contributed by atoms with Crippen molar-refractivity contribution in [1.29, 1.82) is 0 Å². The van der Waals surface area contributed by atoms with E-state index in [0.717, 1.165) is 22.9 Å². The van der Waals surface area contributed by atoms with Crippen molar-refractivity contribution >= 4 is 21.6 Å². The van der Waals surface area contributed by atoms with E-state index in [1.807, 2.05) is 18.5 Å². The highest BCUT2D eigenvalue weighted by Crippen LogP contribution is 2.23. The fourth-order valence-corrected chi connectivity index (χ4v) is 3.05. The van der Waals surface area contributed by atoms with Crippen molar-refractivity contribution in [1.82, 2.24) is 14.5 Å². The number of para-hydroxylation sites is 1. The number of benzene rings is 1. The molecule has 18 heavy (non-hydrogen) atoms. The van der Waals surface area contributed by atoms with Crippen molar-refractivity contribution < 1.29 is 0 Å². The first kappa shape index (κ1) is 11.4. The predicted molar refractivity (Wildman–Crippen MR) is 75.0 cm³/mol. The molecule has 0 N–H and O–H groups in total. The second kappa shape index (κ2) is 4.53.